The molecule has 8 nitrogen and oxygen atoms in total. The SMILES string of the molecule is COCCNC(=O)N1CCC([C@@H]2CN(c3ccc(C#N)c(C(F)(F)F)c3)C[C@H]2C(=O)N(C)C)CC1. The summed E-state index contributed by atoms with van der Waals surface area (Å²) in [4.78, 5) is 30.4. The predicted molar refractivity (Wildman–Crippen MR) is 124 cm³/mol. The third-order valence-electron chi connectivity index (χ3n) is 6.93. The van der Waals surface area contributed by atoms with E-state index in [0.717, 1.165) is 6.07 Å². The fraction of sp³-hybridized carbons (Fsp3) is 0.625. The van der Waals surface area contributed by atoms with E-state index in [2.05, 4.69) is 5.32 Å². The van der Waals surface area contributed by atoms with Crippen LogP contribution in [0, 0.1) is 29.1 Å². The number of nitrogens with zero attached hydrogens (tertiary/aromatic N) is 4. The van der Waals surface area contributed by atoms with Crippen LogP contribution in [0.25, 0.3) is 0 Å². The van der Waals surface area contributed by atoms with Crippen LogP contribution in [0.1, 0.15) is 24.0 Å². The van der Waals surface area contributed by atoms with Crippen molar-refractivity contribution < 1.29 is 27.5 Å². The van der Waals surface area contributed by atoms with E-state index in [1.165, 1.54) is 17.0 Å². The molecule has 1 N–H and O–H groups in total. The molecule has 2 aliphatic rings. The number of anilines is 1. The number of hydrogen-bond donors (Lipinski definition) is 1. The summed E-state index contributed by atoms with van der Waals surface area (Å²) >= 11 is 0. The monoisotopic (exact) mass is 495 g/mol. The maximum Gasteiger partial charge on any atom is 0.417 e. The van der Waals surface area contributed by atoms with Gasteiger partial charge in [0.05, 0.1) is 29.7 Å². The number of likely N-dealkylation sites (tertiary alicyclic amines) is 1. The zero-order chi connectivity index (χ0) is 25.8. The summed E-state index contributed by atoms with van der Waals surface area (Å²) in [6.07, 6.45) is -3.21. The van der Waals surface area contributed by atoms with Gasteiger partial charge in [-0.3, -0.25) is 4.79 Å². The van der Waals surface area contributed by atoms with Gasteiger partial charge in [-0.05, 0) is 42.9 Å². The average Bonchev–Trinajstić information content (AvgIpc) is 3.28. The molecule has 0 spiro atoms. The Morgan fingerprint density at radius 3 is 2.49 bits per heavy atom. The molecule has 1 aromatic rings. The average molecular weight is 496 g/mol. The molecular weight excluding hydrogens is 463 g/mol. The molecule has 0 aliphatic carbocycles. The first kappa shape index (κ1) is 26.6. The van der Waals surface area contributed by atoms with Crippen LogP contribution >= 0.6 is 0 Å². The number of urea groups is 1. The van der Waals surface area contributed by atoms with Crippen molar-refractivity contribution in [1.29, 1.82) is 5.26 Å². The lowest BCUT2D eigenvalue weighted by molar-refractivity contribution is -0.137. The fourth-order valence-corrected chi connectivity index (χ4v) is 5.07. The second-order valence-electron chi connectivity index (χ2n) is 9.30. The van der Waals surface area contributed by atoms with Gasteiger partial charge in [-0.15, -0.1) is 0 Å². The molecule has 2 saturated heterocycles. The zero-order valence-electron chi connectivity index (χ0n) is 20.3. The molecule has 2 heterocycles. The molecule has 0 unspecified atom stereocenters. The Morgan fingerprint density at radius 1 is 1.23 bits per heavy atom. The summed E-state index contributed by atoms with van der Waals surface area (Å²) in [5.74, 6) is -0.296. The Bertz CT molecular complexity index is 955. The maximum atomic E-state index is 13.5. The van der Waals surface area contributed by atoms with Crippen LogP contribution in [-0.2, 0) is 15.7 Å². The number of piperidine rings is 1. The highest BCUT2D eigenvalue weighted by molar-refractivity contribution is 5.80. The van der Waals surface area contributed by atoms with Crippen molar-refractivity contribution in [3.05, 3.63) is 29.3 Å². The fourth-order valence-electron chi connectivity index (χ4n) is 5.07. The molecule has 3 rings (SSSR count). The second kappa shape index (κ2) is 11.2. The van der Waals surface area contributed by atoms with Gasteiger partial charge >= 0.3 is 12.2 Å². The highest BCUT2D eigenvalue weighted by atomic mass is 19.4. The van der Waals surface area contributed by atoms with Gasteiger partial charge in [-0.25, -0.2) is 4.79 Å². The molecule has 2 fully saturated rings. The third-order valence-corrected chi connectivity index (χ3v) is 6.93. The first-order chi connectivity index (χ1) is 16.6. The summed E-state index contributed by atoms with van der Waals surface area (Å²) < 4.78 is 45.5. The van der Waals surface area contributed by atoms with Crippen molar-refractivity contribution in [3.8, 4) is 6.07 Å². The summed E-state index contributed by atoms with van der Waals surface area (Å²) in [5.41, 5.74) is -1.04. The minimum atomic E-state index is -4.64. The topological polar surface area (TPSA) is 88.9 Å². The van der Waals surface area contributed by atoms with E-state index in [-0.39, 0.29) is 29.7 Å². The van der Waals surface area contributed by atoms with Crippen molar-refractivity contribution in [2.75, 3.05) is 65.4 Å². The molecule has 0 bridgehead atoms. The van der Waals surface area contributed by atoms with E-state index in [1.54, 1.807) is 32.2 Å². The van der Waals surface area contributed by atoms with Crippen molar-refractivity contribution >= 4 is 17.6 Å². The van der Waals surface area contributed by atoms with Crippen LogP contribution in [0.3, 0.4) is 0 Å². The number of rotatable bonds is 6. The van der Waals surface area contributed by atoms with Crippen molar-refractivity contribution in [2.45, 2.75) is 19.0 Å². The summed E-state index contributed by atoms with van der Waals surface area (Å²) in [6.45, 7) is 2.72. The molecule has 2 atom stereocenters. The number of methoxy groups -OCH3 is 1. The molecule has 0 saturated carbocycles. The van der Waals surface area contributed by atoms with Crippen LogP contribution < -0.4 is 10.2 Å². The number of carbonyl (C=O) groups is 2. The Labute approximate surface area is 203 Å². The van der Waals surface area contributed by atoms with Crippen LogP contribution in [0.4, 0.5) is 23.7 Å². The normalized spacial score (nSPS) is 21.1. The largest absolute Gasteiger partial charge is 0.417 e. The molecule has 0 aromatic heterocycles. The zero-order valence-corrected chi connectivity index (χ0v) is 20.3. The van der Waals surface area contributed by atoms with Crippen molar-refractivity contribution in [3.63, 3.8) is 0 Å². The Morgan fingerprint density at radius 2 is 1.91 bits per heavy atom. The molecule has 11 heteroatoms. The van der Waals surface area contributed by atoms with E-state index in [1.807, 2.05) is 4.90 Å². The van der Waals surface area contributed by atoms with Crippen molar-refractivity contribution in [1.82, 2.24) is 15.1 Å². The smallest absolute Gasteiger partial charge is 0.383 e. The lowest BCUT2D eigenvalue weighted by Gasteiger charge is -2.36. The number of carbonyl (C=O) groups excluding carboxylic acids is 2. The van der Waals surface area contributed by atoms with Crippen LogP contribution in [0.15, 0.2) is 18.2 Å². The first-order valence-corrected chi connectivity index (χ1v) is 11.7. The predicted octanol–water partition coefficient (Wildman–Crippen LogP) is 2.79. The van der Waals surface area contributed by atoms with Gasteiger partial charge in [0.2, 0.25) is 5.91 Å². The molecule has 2 aliphatic heterocycles. The molecule has 192 valence electrons. The molecular formula is C24H32F3N5O3. The quantitative estimate of drug-likeness (QED) is 0.614. The van der Waals surface area contributed by atoms with E-state index < -0.39 is 17.3 Å². The van der Waals surface area contributed by atoms with Crippen LogP contribution in [-0.4, -0.2) is 82.3 Å². The van der Waals surface area contributed by atoms with Gasteiger partial charge in [-0.1, -0.05) is 0 Å². The number of nitriles is 1. The maximum absolute atomic E-state index is 13.5. The van der Waals surface area contributed by atoms with E-state index in [4.69, 9.17) is 10.00 Å². The highest BCUT2D eigenvalue weighted by Crippen LogP contribution is 2.40. The number of amides is 3. The number of hydrogen-bond acceptors (Lipinski definition) is 5. The minimum absolute atomic E-state index is 0.0476. The molecule has 1 aromatic carbocycles. The number of nitrogens with one attached hydrogen (secondary N) is 1. The van der Waals surface area contributed by atoms with Crippen LogP contribution in [0.2, 0.25) is 0 Å². The van der Waals surface area contributed by atoms with Gasteiger partial charge in [0.15, 0.2) is 0 Å². The number of ether oxygens (including phenoxy) is 1. The third kappa shape index (κ3) is 6.17. The van der Waals surface area contributed by atoms with Gasteiger partial charge in [0.25, 0.3) is 0 Å². The Hall–Kier alpha value is -3.00. The molecule has 0 radical (unpaired) electrons. The van der Waals surface area contributed by atoms with Gasteiger partial charge in [0.1, 0.15) is 0 Å². The van der Waals surface area contributed by atoms with Gasteiger partial charge in [-0.2, -0.15) is 18.4 Å². The Balaban J connectivity index is 1.76. The molecule has 35 heavy (non-hydrogen) atoms. The summed E-state index contributed by atoms with van der Waals surface area (Å²) in [6, 6.07) is 5.17. The lowest BCUT2D eigenvalue weighted by atomic mass is 9.78. The van der Waals surface area contributed by atoms with E-state index in [9.17, 15) is 22.8 Å². The highest BCUT2D eigenvalue weighted by Gasteiger charge is 2.44. The van der Waals surface area contributed by atoms with Gasteiger partial charge in [0, 0.05) is 59.6 Å². The number of halogens is 3. The van der Waals surface area contributed by atoms with Crippen LogP contribution in [0.5, 0.6) is 0 Å². The first-order valence-electron chi connectivity index (χ1n) is 11.7. The Kier molecular flexibility index (Phi) is 8.48. The summed E-state index contributed by atoms with van der Waals surface area (Å²) in [7, 11) is 4.92. The van der Waals surface area contributed by atoms with E-state index in [0.29, 0.717) is 57.9 Å². The number of alkyl halides is 3. The van der Waals surface area contributed by atoms with E-state index >= 15 is 0 Å². The van der Waals surface area contributed by atoms with Crippen molar-refractivity contribution in [2.24, 2.45) is 17.8 Å². The van der Waals surface area contributed by atoms with Gasteiger partial charge < -0.3 is 24.8 Å². The number of benzene rings is 1. The molecule has 3 amide bonds. The minimum Gasteiger partial charge on any atom is -0.383 e. The second-order valence-corrected chi connectivity index (χ2v) is 9.30. The summed E-state index contributed by atoms with van der Waals surface area (Å²) in [5, 5.41) is 11.9. The standard InChI is InChI=1S/C24H32F3N5O3/c1-30(2)22(33)20-15-32(18-5-4-17(13-28)21(12-18)24(25,26)27)14-19(20)16-6-9-31(10-7-16)23(34)29-8-11-35-3/h4-5,12,16,19-20H,6-11,14-15H2,1-3H3,(H,29,34)/t19-,20+/m0/s1. The lowest BCUT2D eigenvalue weighted by Crippen LogP contribution is -2.47.